The summed E-state index contributed by atoms with van der Waals surface area (Å²) in [5.41, 5.74) is 3.52. The molecule has 0 spiro atoms. The molecule has 2 amide bonds. The van der Waals surface area contributed by atoms with E-state index in [0.29, 0.717) is 22.9 Å². The van der Waals surface area contributed by atoms with Crippen molar-refractivity contribution >= 4 is 35.3 Å². The van der Waals surface area contributed by atoms with Crippen LogP contribution in [0.4, 0.5) is 5.69 Å². The summed E-state index contributed by atoms with van der Waals surface area (Å²) in [5.74, 6) is -1.36. The highest BCUT2D eigenvalue weighted by Crippen LogP contribution is 2.27. The standard InChI is InChI=1S/C17H16ClN3O3/c1-24-15-8-7-13(18)11-14(15)20-16(22)17(23)21-19-10-9-12-5-3-2-4-6-12/h2-8,10-11H,9H2,1H3,(H,20,22)(H,21,23). The van der Waals surface area contributed by atoms with Gasteiger partial charge in [-0.05, 0) is 23.8 Å². The van der Waals surface area contributed by atoms with Crippen LogP contribution in [0.25, 0.3) is 0 Å². The predicted molar refractivity (Wildman–Crippen MR) is 93.4 cm³/mol. The summed E-state index contributed by atoms with van der Waals surface area (Å²) < 4.78 is 5.09. The fraction of sp³-hybridized carbons (Fsp3) is 0.118. The van der Waals surface area contributed by atoms with Crippen molar-refractivity contribution in [2.45, 2.75) is 6.42 Å². The van der Waals surface area contributed by atoms with E-state index in [9.17, 15) is 9.59 Å². The molecule has 0 atom stereocenters. The maximum Gasteiger partial charge on any atom is 0.329 e. The molecule has 2 aromatic rings. The monoisotopic (exact) mass is 345 g/mol. The molecule has 0 unspecified atom stereocenters. The minimum absolute atomic E-state index is 0.304. The number of methoxy groups -OCH3 is 1. The van der Waals surface area contributed by atoms with Gasteiger partial charge in [-0.2, -0.15) is 5.10 Å². The van der Waals surface area contributed by atoms with Crippen LogP contribution in [0.5, 0.6) is 5.75 Å². The number of rotatable bonds is 5. The number of nitrogens with zero attached hydrogens (tertiary/aromatic N) is 1. The Kier molecular flexibility index (Phi) is 6.33. The Morgan fingerprint density at radius 3 is 2.62 bits per heavy atom. The van der Waals surface area contributed by atoms with Crippen LogP contribution in [0.1, 0.15) is 5.56 Å². The third kappa shape index (κ3) is 5.10. The topological polar surface area (TPSA) is 79.8 Å². The summed E-state index contributed by atoms with van der Waals surface area (Å²) in [6.45, 7) is 0. The molecule has 0 aromatic heterocycles. The number of hydrazone groups is 1. The largest absolute Gasteiger partial charge is 0.495 e. The van der Waals surface area contributed by atoms with Gasteiger partial charge in [-0.1, -0.05) is 41.9 Å². The molecule has 0 heterocycles. The van der Waals surface area contributed by atoms with Crippen molar-refractivity contribution in [3.05, 3.63) is 59.1 Å². The first kappa shape index (κ1) is 17.5. The van der Waals surface area contributed by atoms with Crippen LogP contribution in [0.3, 0.4) is 0 Å². The maximum absolute atomic E-state index is 11.9. The van der Waals surface area contributed by atoms with Crippen molar-refractivity contribution in [2.24, 2.45) is 5.10 Å². The Balaban J connectivity index is 1.88. The van der Waals surface area contributed by atoms with Crippen LogP contribution in [0, 0.1) is 0 Å². The number of anilines is 1. The lowest BCUT2D eigenvalue weighted by atomic mass is 10.2. The van der Waals surface area contributed by atoms with E-state index in [1.54, 1.807) is 12.1 Å². The number of hydrogen-bond acceptors (Lipinski definition) is 4. The van der Waals surface area contributed by atoms with E-state index in [1.165, 1.54) is 19.4 Å². The summed E-state index contributed by atoms with van der Waals surface area (Å²) >= 11 is 5.87. The van der Waals surface area contributed by atoms with E-state index in [1.807, 2.05) is 30.3 Å². The van der Waals surface area contributed by atoms with Gasteiger partial charge in [0.1, 0.15) is 5.75 Å². The predicted octanol–water partition coefficient (Wildman–Crippen LogP) is 2.63. The van der Waals surface area contributed by atoms with E-state index >= 15 is 0 Å². The second kappa shape index (κ2) is 8.69. The maximum atomic E-state index is 11.9. The summed E-state index contributed by atoms with van der Waals surface area (Å²) in [5, 5.41) is 6.58. The number of benzene rings is 2. The Hall–Kier alpha value is -2.86. The minimum Gasteiger partial charge on any atom is -0.495 e. The molecule has 0 saturated heterocycles. The first-order valence-corrected chi connectivity index (χ1v) is 7.48. The van der Waals surface area contributed by atoms with Crippen LogP contribution < -0.4 is 15.5 Å². The highest BCUT2D eigenvalue weighted by molar-refractivity contribution is 6.40. The molecule has 0 aliphatic rings. The Labute approximate surface area is 144 Å². The average molecular weight is 346 g/mol. The van der Waals surface area contributed by atoms with E-state index in [0.717, 1.165) is 5.56 Å². The number of carbonyl (C=O) groups is 2. The van der Waals surface area contributed by atoms with Crippen molar-refractivity contribution in [1.29, 1.82) is 0 Å². The zero-order valence-electron chi connectivity index (χ0n) is 13.0. The van der Waals surface area contributed by atoms with Crippen LogP contribution in [-0.2, 0) is 16.0 Å². The molecule has 0 aliphatic heterocycles. The fourth-order valence-electron chi connectivity index (χ4n) is 1.88. The molecule has 2 aromatic carbocycles. The lowest BCUT2D eigenvalue weighted by Crippen LogP contribution is -2.32. The molecule has 2 rings (SSSR count). The van der Waals surface area contributed by atoms with Crippen molar-refractivity contribution in [3.8, 4) is 5.75 Å². The van der Waals surface area contributed by atoms with Crippen molar-refractivity contribution in [2.75, 3.05) is 12.4 Å². The van der Waals surface area contributed by atoms with Gasteiger partial charge in [0.05, 0.1) is 12.8 Å². The molecule has 7 heteroatoms. The van der Waals surface area contributed by atoms with Crippen LogP contribution in [0.15, 0.2) is 53.6 Å². The van der Waals surface area contributed by atoms with Crippen LogP contribution in [0.2, 0.25) is 5.02 Å². The molecule has 0 saturated carbocycles. The zero-order chi connectivity index (χ0) is 17.4. The summed E-state index contributed by atoms with van der Waals surface area (Å²) in [6.07, 6.45) is 2.06. The number of amides is 2. The quantitative estimate of drug-likeness (QED) is 0.496. The number of nitrogens with one attached hydrogen (secondary N) is 2. The second-order valence-corrected chi connectivity index (χ2v) is 5.18. The highest BCUT2D eigenvalue weighted by atomic mass is 35.5. The van der Waals surface area contributed by atoms with E-state index in [-0.39, 0.29) is 0 Å². The molecule has 0 radical (unpaired) electrons. The van der Waals surface area contributed by atoms with Gasteiger partial charge in [-0.15, -0.1) is 0 Å². The first-order valence-electron chi connectivity index (χ1n) is 7.10. The molecule has 0 fully saturated rings. The molecule has 2 N–H and O–H groups in total. The van der Waals surface area contributed by atoms with Gasteiger partial charge in [-0.3, -0.25) is 9.59 Å². The van der Waals surface area contributed by atoms with Gasteiger partial charge in [0.25, 0.3) is 0 Å². The van der Waals surface area contributed by atoms with Gasteiger partial charge in [-0.25, -0.2) is 5.43 Å². The number of halogens is 1. The first-order chi connectivity index (χ1) is 11.6. The van der Waals surface area contributed by atoms with Crippen molar-refractivity contribution in [1.82, 2.24) is 5.43 Å². The molecule has 24 heavy (non-hydrogen) atoms. The van der Waals surface area contributed by atoms with Gasteiger partial charge in [0.2, 0.25) is 0 Å². The van der Waals surface area contributed by atoms with Crippen LogP contribution >= 0.6 is 11.6 Å². The fourth-order valence-corrected chi connectivity index (χ4v) is 2.05. The SMILES string of the molecule is COc1ccc(Cl)cc1NC(=O)C(=O)NN=CCc1ccccc1. The molecular formula is C17H16ClN3O3. The van der Waals surface area contributed by atoms with Crippen molar-refractivity contribution < 1.29 is 14.3 Å². The van der Waals surface area contributed by atoms with Gasteiger partial charge in [0.15, 0.2) is 0 Å². The third-order valence-corrected chi connectivity index (χ3v) is 3.28. The van der Waals surface area contributed by atoms with E-state index in [2.05, 4.69) is 15.8 Å². The van der Waals surface area contributed by atoms with E-state index < -0.39 is 11.8 Å². The molecular weight excluding hydrogens is 330 g/mol. The number of carbonyl (C=O) groups excluding carboxylic acids is 2. The normalized spacial score (nSPS) is 10.4. The number of ether oxygens (including phenoxy) is 1. The zero-order valence-corrected chi connectivity index (χ0v) is 13.7. The molecule has 124 valence electrons. The van der Waals surface area contributed by atoms with E-state index in [4.69, 9.17) is 16.3 Å². The molecule has 0 aliphatic carbocycles. The third-order valence-electron chi connectivity index (χ3n) is 3.04. The smallest absolute Gasteiger partial charge is 0.329 e. The second-order valence-electron chi connectivity index (χ2n) is 4.74. The Morgan fingerprint density at radius 1 is 1.17 bits per heavy atom. The lowest BCUT2D eigenvalue weighted by Gasteiger charge is -2.09. The number of hydrogen-bond donors (Lipinski definition) is 2. The summed E-state index contributed by atoms with van der Waals surface area (Å²) in [7, 11) is 1.45. The van der Waals surface area contributed by atoms with Gasteiger partial charge < -0.3 is 10.1 Å². The molecule has 6 nitrogen and oxygen atoms in total. The van der Waals surface area contributed by atoms with Gasteiger partial charge >= 0.3 is 11.8 Å². The van der Waals surface area contributed by atoms with Crippen LogP contribution in [-0.4, -0.2) is 25.1 Å². The minimum atomic E-state index is -0.888. The highest BCUT2D eigenvalue weighted by Gasteiger charge is 2.15. The van der Waals surface area contributed by atoms with Crippen molar-refractivity contribution in [3.63, 3.8) is 0 Å². The summed E-state index contributed by atoms with van der Waals surface area (Å²) in [6, 6.07) is 14.3. The average Bonchev–Trinajstić information content (AvgIpc) is 2.59. The lowest BCUT2D eigenvalue weighted by molar-refractivity contribution is -0.136. The van der Waals surface area contributed by atoms with Gasteiger partial charge in [0, 0.05) is 17.7 Å². The Morgan fingerprint density at radius 2 is 1.92 bits per heavy atom. The molecule has 0 bridgehead atoms. The summed E-state index contributed by atoms with van der Waals surface area (Å²) in [4.78, 5) is 23.6. The Bertz CT molecular complexity index is 748.